The van der Waals surface area contributed by atoms with E-state index in [9.17, 15) is 14.0 Å². The number of halogens is 1. The average Bonchev–Trinajstić information content (AvgIpc) is 3.14. The molecule has 0 radical (unpaired) electrons. The minimum atomic E-state index is -0.905. The van der Waals surface area contributed by atoms with Gasteiger partial charge < -0.3 is 15.5 Å². The van der Waals surface area contributed by atoms with Crippen LogP contribution < -0.4 is 11.1 Å². The summed E-state index contributed by atoms with van der Waals surface area (Å²) in [5.74, 6) is -0.826. The fourth-order valence-corrected chi connectivity index (χ4v) is 2.63. The molecule has 138 valence electrons. The molecule has 3 N–H and O–H groups in total. The van der Waals surface area contributed by atoms with Gasteiger partial charge >= 0.3 is 0 Å². The van der Waals surface area contributed by atoms with Crippen LogP contribution in [0.15, 0.2) is 65.2 Å². The first-order valence-corrected chi connectivity index (χ1v) is 8.38. The molecule has 0 bridgehead atoms. The summed E-state index contributed by atoms with van der Waals surface area (Å²) in [4.78, 5) is 27.9. The van der Waals surface area contributed by atoms with E-state index in [4.69, 9.17) is 10.2 Å². The number of carbonyl (C=O) groups excluding carboxylic acids is 2. The van der Waals surface area contributed by atoms with Crippen molar-refractivity contribution in [2.45, 2.75) is 18.9 Å². The Morgan fingerprint density at radius 3 is 2.52 bits per heavy atom. The molecule has 1 heterocycles. The molecule has 27 heavy (non-hydrogen) atoms. The molecule has 0 spiro atoms. The predicted molar refractivity (Wildman–Crippen MR) is 96.7 cm³/mol. The van der Waals surface area contributed by atoms with E-state index >= 15 is 0 Å². The number of nitrogens with two attached hydrogens (primary N) is 1. The highest BCUT2D eigenvalue weighted by atomic mass is 19.1. The summed E-state index contributed by atoms with van der Waals surface area (Å²) in [7, 11) is 0. The molecule has 1 aromatic heterocycles. The maximum Gasteiger partial charge on any atom is 0.244 e. The number of aromatic nitrogens is 1. The van der Waals surface area contributed by atoms with E-state index < -0.39 is 17.8 Å². The number of hydrogen-bond acceptors (Lipinski definition) is 4. The minimum absolute atomic E-state index is 0.0494. The number of hydrogen-bond donors (Lipinski definition) is 2. The molecule has 7 heteroatoms. The Kier molecular flexibility index (Phi) is 5.61. The smallest absolute Gasteiger partial charge is 0.244 e. The van der Waals surface area contributed by atoms with Crippen molar-refractivity contribution >= 4 is 11.8 Å². The molecule has 0 saturated carbocycles. The largest absolute Gasteiger partial charge is 0.441 e. The average molecular weight is 367 g/mol. The number of primary amides is 1. The zero-order valence-electron chi connectivity index (χ0n) is 14.4. The second-order valence-electron chi connectivity index (χ2n) is 5.91. The molecule has 0 aliphatic heterocycles. The van der Waals surface area contributed by atoms with Crippen LogP contribution in [0.3, 0.4) is 0 Å². The zero-order valence-corrected chi connectivity index (χ0v) is 14.4. The standard InChI is InChI=1S/C20H18FN3O3/c21-15-9-5-4-8-14(15)16-12-23-18(27-16)11-10-17(25)24-19(20(22)26)13-6-2-1-3-7-13/h1-9,12,19H,10-11H2,(H2,22,26)(H,24,25)/t19-/m0/s1. The van der Waals surface area contributed by atoms with E-state index in [-0.39, 0.29) is 18.7 Å². The second-order valence-corrected chi connectivity index (χ2v) is 5.91. The minimum Gasteiger partial charge on any atom is -0.441 e. The number of carbonyl (C=O) groups is 2. The van der Waals surface area contributed by atoms with Gasteiger partial charge in [0.2, 0.25) is 11.8 Å². The fraction of sp³-hybridized carbons (Fsp3) is 0.150. The highest BCUT2D eigenvalue weighted by Crippen LogP contribution is 2.23. The van der Waals surface area contributed by atoms with E-state index in [1.54, 1.807) is 48.5 Å². The van der Waals surface area contributed by atoms with Crippen LogP contribution in [-0.4, -0.2) is 16.8 Å². The van der Waals surface area contributed by atoms with Crippen molar-refractivity contribution in [3.63, 3.8) is 0 Å². The van der Waals surface area contributed by atoms with Crippen molar-refractivity contribution in [2.24, 2.45) is 5.73 Å². The van der Waals surface area contributed by atoms with Gasteiger partial charge in [0.25, 0.3) is 0 Å². The van der Waals surface area contributed by atoms with Gasteiger partial charge in [-0.3, -0.25) is 9.59 Å². The Balaban J connectivity index is 1.61. The topological polar surface area (TPSA) is 98.2 Å². The van der Waals surface area contributed by atoms with Crippen LogP contribution in [0.2, 0.25) is 0 Å². The number of rotatable bonds is 7. The van der Waals surface area contributed by atoms with E-state index in [0.29, 0.717) is 22.8 Å². The Bertz CT molecular complexity index is 940. The van der Waals surface area contributed by atoms with Crippen molar-refractivity contribution in [3.8, 4) is 11.3 Å². The van der Waals surface area contributed by atoms with Gasteiger partial charge in [-0.25, -0.2) is 9.37 Å². The molecule has 0 fully saturated rings. The third-order valence-corrected chi connectivity index (χ3v) is 3.98. The second kappa shape index (κ2) is 8.27. The van der Waals surface area contributed by atoms with Crippen molar-refractivity contribution in [1.29, 1.82) is 0 Å². The molecular formula is C20H18FN3O3. The Morgan fingerprint density at radius 1 is 1.11 bits per heavy atom. The van der Waals surface area contributed by atoms with Crippen molar-refractivity contribution in [1.82, 2.24) is 10.3 Å². The van der Waals surface area contributed by atoms with Crippen LogP contribution in [0.5, 0.6) is 0 Å². The molecule has 3 rings (SSSR count). The number of nitrogens with zero attached hydrogens (tertiary/aromatic N) is 1. The lowest BCUT2D eigenvalue weighted by atomic mass is 10.1. The van der Waals surface area contributed by atoms with Gasteiger partial charge in [-0.2, -0.15) is 0 Å². The van der Waals surface area contributed by atoms with Gasteiger partial charge in [0.15, 0.2) is 11.7 Å². The molecule has 0 unspecified atom stereocenters. The molecule has 3 aromatic rings. The van der Waals surface area contributed by atoms with Gasteiger partial charge in [0.1, 0.15) is 11.9 Å². The monoisotopic (exact) mass is 367 g/mol. The Labute approximate surface area is 155 Å². The molecular weight excluding hydrogens is 349 g/mol. The van der Waals surface area contributed by atoms with E-state index in [2.05, 4.69) is 10.3 Å². The van der Waals surface area contributed by atoms with Crippen LogP contribution in [0.25, 0.3) is 11.3 Å². The lowest BCUT2D eigenvalue weighted by Crippen LogP contribution is -2.37. The van der Waals surface area contributed by atoms with Gasteiger partial charge in [0, 0.05) is 12.8 Å². The summed E-state index contributed by atoms with van der Waals surface area (Å²) in [6.45, 7) is 0. The predicted octanol–water partition coefficient (Wildman–Crippen LogP) is 2.76. The quantitative estimate of drug-likeness (QED) is 0.671. The van der Waals surface area contributed by atoms with Crippen LogP contribution in [0, 0.1) is 5.82 Å². The van der Waals surface area contributed by atoms with Crippen LogP contribution >= 0.6 is 0 Å². The number of amides is 2. The summed E-state index contributed by atoms with van der Waals surface area (Å²) in [6.07, 6.45) is 1.68. The van der Waals surface area contributed by atoms with Crippen LogP contribution in [0.4, 0.5) is 4.39 Å². The third-order valence-electron chi connectivity index (χ3n) is 3.98. The molecule has 6 nitrogen and oxygen atoms in total. The maximum atomic E-state index is 13.8. The van der Waals surface area contributed by atoms with Crippen molar-refractivity contribution < 1.29 is 18.4 Å². The first-order valence-electron chi connectivity index (χ1n) is 8.38. The van der Waals surface area contributed by atoms with E-state index in [0.717, 1.165) is 0 Å². The number of oxazole rings is 1. The Morgan fingerprint density at radius 2 is 1.81 bits per heavy atom. The number of benzene rings is 2. The molecule has 0 saturated heterocycles. The summed E-state index contributed by atoms with van der Waals surface area (Å²) >= 11 is 0. The molecule has 0 aliphatic carbocycles. The first-order chi connectivity index (χ1) is 13.0. The summed E-state index contributed by atoms with van der Waals surface area (Å²) in [5, 5.41) is 2.61. The van der Waals surface area contributed by atoms with Gasteiger partial charge in [-0.05, 0) is 17.7 Å². The van der Waals surface area contributed by atoms with Crippen LogP contribution in [-0.2, 0) is 16.0 Å². The number of aryl methyl sites for hydroxylation is 1. The molecule has 2 amide bonds. The molecule has 1 atom stereocenters. The fourth-order valence-electron chi connectivity index (χ4n) is 2.63. The summed E-state index contributed by atoms with van der Waals surface area (Å²) in [6, 6.07) is 14.0. The lowest BCUT2D eigenvalue weighted by molar-refractivity contribution is -0.127. The van der Waals surface area contributed by atoms with Crippen molar-refractivity contribution in [3.05, 3.63) is 78.1 Å². The van der Waals surface area contributed by atoms with Crippen molar-refractivity contribution in [2.75, 3.05) is 0 Å². The van der Waals surface area contributed by atoms with Gasteiger partial charge in [-0.1, -0.05) is 42.5 Å². The summed E-state index contributed by atoms with van der Waals surface area (Å²) < 4.78 is 19.3. The van der Waals surface area contributed by atoms with Crippen LogP contribution in [0.1, 0.15) is 23.9 Å². The Hall–Kier alpha value is -3.48. The third kappa shape index (κ3) is 4.58. The van der Waals surface area contributed by atoms with Gasteiger partial charge in [-0.15, -0.1) is 0 Å². The van der Waals surface area contributed by atoms with E-state index in [1.165, 1.54) is 12.3 Å². The normalized spacial score (nSPS) is 11.7. The lowest BCUT2D eigenvalue weighted by Gasteiger charge is -2.15. The first kappa shape index (κ1) is 18.3. The number of nitrogens with one attached hydrogen (secondary N) is 1. The molecule has 0 aliphatic rings. The van der Waals surface area contributed by atoms with E-state index in [1.807, 2.05) is 0 Å². The highest BCUT2D eigenvalue weighted by molar-refractivity contribution is 5.87. The SMILES string of the molecule is NC(=O)[C@@H](NC(=O)CCc1ncc(-c2ccccc2F)o1)c1ccccc1. The maximum absolute atomic E-state index is 13.8. The highest BCUT2D eigenvalue weighted by Gasteiger charge is 2.20. The zero-order chi connectivity index (χ0) is 19.2. The summed E-state index contributed by atoms with van der Waals surface area (Å²) in [5.41, 5.74) is 6.30. The van der Waals surface area contributed by atoms with Gasteiger partial charge in [0.05, 0.1) is 11.8 Å². The molecule has 2 aromatic carbocycles.